The van der Waals surface area contributed by atoms with Crippen LogP contribution in [0.5, 0.6) is 0 Å². The second-order valence-electron chi connectivity index (χ2n) is 5.60. The standard InChI is InChI=1S/C17H18N2O4S/c20-15(13-6-9-23-11-13)18-7-8-19-16(21)14(24-17(19)22)10-12-4-2-1-3-5-12/h1-5,10,13H,6-9,11H2,(H,18,20)/b14-10+. The number of carbonyl (C=O) groups is 3. The molecule has 126 valence electrons. The Balaban J connectivity index is 1.54. The summed E-state index contributed by atoms with van der Waals surface area (Å²) in [6.45, 7) is 1.47. The van der Waals surface area contributed by atoms with Gasteiger partial charge in [0.15, 0.2) is 0 Å². The highest BCUT2D eigenvalue weighted by Gasteiger charge is 2.34. The minimum absolute atomic E-state index is 0.0840. The lowest BCUT2D eigenvalue weighted by atomic mass is 10.1. The maximum Gasteiger partial charge on any atom is 0.293 e. The molecule has 0 aliphatic carbocycles. The number of nitrogens with one attached hydrogen (secondary N) is 1. The van der Waals surface area contributed by atoms with Crippen LogP contribution in [-0.4, -0.2) is 48.3 Å². The van der Waals surface area contributed by atoms with Crippen molar-refractivity contribution < 1.29 is 19.1 Å². The molecule has 0 radical (unpaired) electrons. The normalized spacial score (nSPS) is 22.4. The van der Waals surface area contributed by atoms with Crippen LogP contribution in [0.4, 0.5) is 4.79 Å². The Kier molecular flexibility index (Phi) is 5.32. The Morgan fingerprint density at radius 1 is 1.33 bits per heavy atom. The molecule has 24 heavy (non-hydrogen) atoms. The highest BCUT2D eigenvalue weighted by atomic mass is 32.2. The molecule has 0 saturated carbocycles. The molecule has 2 fully saturated rings. The van der Waals surface area contributed by atoms with Crippen LogP contribution in [0.2, 0.25) is 0 Å². The van der Waals surface area contributed by atoms with E-state index in [2.05, 4.69) is 5.32 Å². The molecule has 2 heterocycles. The molecule has 1 unspecified atom stereocenters. The Morgan fingerprint density at radius 2 is 2.12 bits per heavy atom. The van der Waals surface area contributed by atoms with Crippen molar-refractivity contribution in [3.63, 3.8) is 0 Å². The van der Waals surface area contributed by atoms with Crippen molar-refractivity contribution in [2.75, 3.05) is 26.3 Å². The fraction of sp³-hybridized carbons (Fsp3) is 0.353. The van der Waals surface area contributed by atoms with Gasteiger partial charge in [-0.3, -0.25) is 19.3 Å². The van der Waals surface area contributed by atoms with Gasteiger partial charge in [0, 0.05) is 19.7 Å². The van der Waals surface area contributed by atoms with Gasteiger partial charge in [0.2, 0.25) is 5.91 Å². The predicted molar refractivity (Wildman–Crippen MR) is 91.1 cm³/mol. The van der Waals surface area contributed by atoms with Gasteiger partial charge < -0.3 is 10.1 Å². The number of hydrogen-bond acceptors (Lipinski definition) is 5. The Morgan fingerprint density at radius 3 is 2.83 bits per heavy atom. The summed E-state index contributed by atoms with van der Waals surface area (Å²) in [5.41, 5.74) is 0.873. The number of thioether (sulfide) groups is 1. The highest BCUT2D eigenvalue weighted by molar-refractivity contribution is 8.18. The number of amides is 3. The molecule has 7 heteroatoms. The van der Waals surface area contributed by atoms with Crippen molar-refractivity contribution in [2.45, 2.75) is 6.42 Å². The van der Waals surface area contributed by atoms with Crippen molar-refractivity contribution in [2.24, 2.45) is 5.92 Å². The summed E-state index contributed by atoms with van der Waals surface area (Å²) in [7, 11) is 0. The molecule has 1 atom stereocenters. The van der Waals surface area contributed by atoms with Gasteiger partial charge in [-0.2, -0.15) is 0 Å². The Bertz CT molecular complexity index is 668. The number of benzene rings is 1. The molecule has 1 N–H and O–H groups in total. The highest BCUT2D eigenvalue weighted by Crippen LogP contribution is 2.31. The monoisotopic (exact) mass is 346 g/mol. The third kappa shape index (κ3) is 3.85. The molecular formula is C17H18N2O4S. The first-order valence-corrected chi connectivity index (χ1v) is 8.62. The summed E-state index contributed by atoms with van der Waals surface area (Å²) in [4.78, 5) is 37.8. The Hall–Kier alpha value is -2.12. The smallest absolute Gasteiger partial charge is 0.293 e. The number of carbonyl (C=O) groups excluding carboxylic acids is 3. The van der Waals surface area contributed by atoms with Gasteiger partial charge in [-0.05, 0) is 29.8 Å². The maximum absolute atomic E-state index is 12.3. The third-order valence-corrected chi connectivity index (χ3v) is 4.81. The van der Waals surface area contributed by atoms with E-state index in [0.29, 0.717) is 24.5 Å². The van der Waals surface area contributed by atoms with Gasteiger partial charge in [-0.15, -0.1) is 0 Å². The van der Waals surface area contributed by atoms with E-state index in [4.69, 9.17) is 4.74 Å². The fourth-order valence-corrected chi connectivity index (χ4v) is 3.43. The lowest BCUT2D eigenvalue weighted by Crippen LogP contribution is -2.39. The fourth-order valence-electron chi connectivity index (χ4n) is 2.57. The zero-order valence-electron chi connectivity index (χ0n) is 13.1. The average molecular weight is 346 g/mol. The van der Waals surface area contributed by atoms with Gasteiger partial charge >= 0.3 is 0 Å². The quantitative estimate of drug-likeness (QED) is 0.824. The van der Waals surface area contributed by atoms with E-state index < -0.39 is 0 Å². The van der Waals surface area contributed by atoms with E-state index in [1.807, 2.05) is 30.3 Å². The number of ether oxygens (including phenoxy) is 1. The van der Waals surface area contributed by atoms with Crippen LogP contribution < -0.4 is 5.32 Å². The van der Waals surface area contributed by atoms with Crippen molar-refractivity contribution in [3.05, 3.63) is 40.8 Å². The first kappa shape index (κ1) is 16.7. The molecule has 0 aromatic heterocycles. The minimum atomic E-state index is -0.313. The lowest BCUT2D eigenvalue weighted by Gasteiger charge is -2.14. The van der Waals surface area contributed by atoms with Crippen LogP contribution in [0, 0.1) is 5.92 Å². The van der Waals surface area contributed by atoms with Gasteiger partial charge in [0.1, 0.15) is 0 Å². The molecule has 3 amide bonds. The molecular weight excluding hydrogens is 328 g/mol. The van der Waals surface area contributed by atoms with Gasteiger partial charge in [-0.25, -0.2) is 0 Å². The molecule has 2 aliphatic heterocycles. The van der Waals surface area contributed by atoms with E-state index in [0.717, 1.165) is 17.3 Å². The van der Waals surface area contributed by atoms with Crippen LogP contribution in [0.15, 0.2) is 35.2 Å². The van der Waals surface area contributed by atoms with E-state index in [9.17, 15) is 14.4 Å². The lowest BCUT2D eigenvalue weighted by molar-refractivity contribution is -0.126. The zero-order chi connectivity index (χ0) is 16.9. The summed E-state index contributed by atoms with van der Waals surface area (Å²) in [5.74, 6) is -0.524. The topological polar surface area (TPSA) is 75.7 Å². The average Bonchev–Trinajstić information content (AvgIpc) is 3.20. The molecule has 3 rings (SSSR count). The first-order valence-electron chi connectivity index (χ1n) is 7.81. The van der Waals surface area contributed by atoms with Crippen LogP contribution in [-0.2, 0) is 14.3 Å². The molecule has 6 nitrogen and oxygen atoms in total. The number of rotatable bonds is 5. The van der Waals surface area contributed by atoms with Crippen molar-refractivity contribution in [1.82, 2.24) is 10.2 Å². The van der Waals surface area contributed by atoms with Crippen molar-refractivity contribution >= 4 is 34.9 Å². The van der Waals surface area contributed by atoms with Gasteiger partial charge in [0.05, 0.1) is 17.4 Å². The Labute approximate surface area is 144 Å². The molecule has 0 bridgehead atoms. The third-order valence-electron chi connectivity index (χ3n) is 3.91. The van der Waals surface area contributed by atoms with Crippen molar-refractivity contribution in [1.29, 1.82) is 0 Å². The van der Waals surface area contributed by atoms with Crippen LogP contribution >= 0.6 is 11.8 Å². The summed E-state index contributed by atoms with van der Waals surface area (Å²) in [5, 5.41) is 2.46. The summed E-state index contributed by atoms with van der Waals surface area (Å²) in [6, 6.07) is 9.38. The predicted octanol–water partition coefficient (Wildman–Crippen LogP) is 1.88. The second-order valence-corrected chi connectivity index (χ2v) is 6.59. The minimum Gasteiger partial charge on any atom is -0.381 e. The largest absolute Gasteiger partial charge is 0.381 e. The van der Waals surface area contributed by atoms with E-state index in [-0.39, 0.29) is 36.1 Å². The molecule has 2 aliphatic rings. The van der Waals surface area contributed by atoms with E-state index in [1.54, 1.807) is 6.08 Å². The van der Waals surface area contributed by atoms with E-state index >= 15 is 0 Å². The van der Waals surface area contributed by atoms with Crippen molar-refractivity contribution in [3.8, 4) is 0 Å². The number of hydrogen-bond donors (Lipinski definition) is 1. The van der Waals surface area contributed by atoms with Gasteiger partial charge in [-0.1, -0.05) is 30.3 Å². The SMILES string of the molecule is O=C(NCCN1C(=O)S/C(=C/c2ccccc2)C1=O)C1CCOC1. The molecule has 0 spiro atoms. The zero-order valence-corrected chi connectivity index (χ0v) is 13.9. The number of nitrogens with zero attached hydrogens (tertiary/aromatic N) is 1. The molecule has 1 aromatic rings. The first-order chi connectivity index (χ1) is 11.6. The van der Waals surface area contributed by atoms with Crippen LogP contribution in [0.3, 0.4) is 0 Å². The number of imide groups is 1. The summed E-state index contributed by atoms with van der Waals surface area (Å²) >= 11 is 0.927. The maximum atomic E-state index is 12.3. The van der Waals surface area contributed by atoms with E-state index in [1.165, 1.54) is 4.90 Å². The molecule has 2 saturated heterocycles. The summed E-state index contributed by atoms with van der Waals surface area (Å²) < 4.78 is 5.17. The second kappa shape index (κ2) is 7.63. The van der Waals surface area contributed by atoms with Gasteiger partial charge in [0.25, 0.3) is 11.1 Å². The summed E-state index contributed by atoms with van der Waals surface area (Å²) in [6.07, 6.45) is 2.42. The van der Waals surface area contributed by atoms with Crippen LogP contribution in [0.1, 0.15) is 12.0 Å². The molecule has 1 aromatic carbocycles. The van der Waals surface area contributed by atoms with Crippen LogP contribution in [0.25, 0.3) is 6.08 Å².